The van der Waals surface area contributed by atoms with E-state index in [9.17, 15) is 4.79 Å². The molecule has 78 valence electrons. The van der Waals surface area contributed by atoms with E-state index in [0.717, 1.165) is 25.9 Å². The van der Waals surface area contributed by atoms with Gasteiger partial charge in [-0.15, -0.1) is 0 Å². The van der Waals surface area contributed by atoms with Gasteiger partial charge in [-0.3, -0.25) is 4.79 Å². The van der Waals surface area contributed by atoms with Crippen molar-refractivity contribution < 1.29 is 4.79 Å². The van der Waals surface area contributed by atoms with Crippen LogP contribution >= 0.6 is 0 Å². The standard InChI is InChI=1S/C10H22N2O/c1-9(2)8-12-7-5-4-6-10(13)11-3/h9,12H,4-8H2,1-3H3,(H,11,13). The molecule has 0 aromatic carbocycles. The molecule has 0 aromatic rings. The van der Waals surface area contributed by atoms with Crippen LogP contribution < -0.4 is 10.6 Å². The van der Waals surface area contributed by atoms with Gasteiger partial charge in [-0.25, -0.2) is 0 Å². The van der Waals surface area contributed by atoms with E-state index in [2.05, 4.69) is 24.5 Å². The Morgan fingerprint density at radius 3 is 2.54 bits per heavy atom. The van der Waals surface area contributed by atoms with Crippen LogP contribution in [0.4, 0.5) is 0 Å². The number of carbonyl (C=O) groups is 1. The van der Waals surface area contributed by atoms with E-state index >= 15 is 0 Å². The number of hydrogen-bond donors (Lipinski definition) is 2. The Labute approximate surface area is 81.3 Å². The Morgan fingerprint density at radius 1 is 1.31 bits per heavy atom. The summed E-state index contributed by atoms with van der Waals surface area (Å²) in [5, 5.41) is 5.96. The van der Waals surface area contributed by atoms with Crippen LogP contribution in [0, 0.1) is 5.92 Å². The molecule has 0 aromatic heterocycles. The minimum Gasteiger partial charge on any atom is -0.359 e. The van der Waals surface area contributed by atoms with Crippen LogP contribution in [0.25, 0.3) is 0 Å². The van der Waals surface area contributed by atoms with Crippen LogP contribution in [0.15, 0.2) is 0 Å². The molecule has 1 amide bonds. The Morgan fingerprint density at radius 2 is 2.00 bits per heavy atom. The van der Waals surface area contributed by atoms with Crippen molar-refractivity contribution in [2.45, 2.75) is 33.1 Å². The van der Waals surface area contributed by atoms with E-state index in [-0.39, 0.29) is 5.91 Å². The second kappa shape index (κ2) is 8.05. The Hall–Kier alpha value is -0.570. The summed E-state index contributed by atoms with van der Waals surface area (Å²) in [5.41, 5.74) is 0. The third kappa shape index (κ3) is 9.34. The summed E-state index contributed by atoms with van der Waals surface area (Å²) >= 11 is 0. The molecule has 0 aliphatic carbocycles. The maximum absolute atomic E-state index is 10.8. The molecule has 0 unspecified atom stereocenters. The van der Waals surface area contributed by atoms with Gasteiger partial charge in [0.1, 0.15) is 0 Å². The van der Waals surface area contributed by atoms with Crippen molar-refractivity contribution in [2.75, 3.05) is 20.1 Å². The Kier molecular flexibility index (Phi) is 7.69. The molecular weight excluding hydrogens is 164 g/mol. The summed E-state index contributed by atoms with van der Waals surface area (Å²) in [6.45, 7) is 6.48. The van der Waals surface area contributed by atoms with Crippen molar-refractivity contribution >= 4 is 5.91 Å². The van der Waals surface area contributed by atoms with E-state index in [0.29, 0.717) is 12.3 Å². The summed E-state index contributed by atoms with van der Waals surface area (Å²) in [5.74, 6) is 0.850. The molecule has 0 aliphatic rings. The summed E-state index contributed by atoms with van der Waals surface area (Å²) in [4.78, 5) is 10.8. The quantitative estimate of drug-likeness (QED) is 0.586. The van der Waals surface area contributed by atoms with Crippen molar-refractivity contribution in [3.63, 3.8) is 0 Å². The zero-order valence-corrected chi connectivity index (χ0v) is 9.02. The molecule has 2 N–H and O–H groups in total. The zero-order valence-electron chi connectivity index (χ0n) is 9.02. The Bertz CT molecular complexity index is 135. The smallest absolute Gasteiger partial charge is 0.219 e. The molecule has 0 saturated carbocycles. The highest BCUT2D eigenvalue weighted by Gasteiger charge is 1.97. The SMILES string of the molecule is CNC(=O)CCCCNCC(C)C. The normalized spacial score (nSPS) is 10.5. The van der Waals surface area contributed by atoms with Gasteiger partial charge in [-0.05, 0) is 31.8 Å². The summed E-state index contributed by atoms with van der Waals surface area (Å²) in [7, 11) is 1.68. The molecule has 0 heterocycles. The number of unbranched alkanes of at least 4 members (excludes halogenated alkanes) is 1. The average molecular weight is 186 g/mol. The lowest BCUT2D eigenvalue weighted by Gasteiger charge is -2.06. The van der Waals surface area contributed by atoms with Crippen molar-refractivity contribution in [1.29, 1.82) is 0 Å². The van der Waals surface area contributed by atoms with E-state index in [4.69, 9.17) is 0 Å². The summed E-state index contributed by atoms with van der Waals surface area (Å²) in [6.07, 6.45) is 2.71. The maximum atomic E-state index is 10.8. The molecule has 0 saturated heterocycles. The topological polar surface area (TPSA) is 41.1 Å². The minimum absolute atomic E-state index is 0.142. The zero-order chi connectivity index (χ0) is 10.1. The number of rotatable bonds is 7. The van der Waals surface area contributed by atoms with Gasteiger partial charge in [0.05, 0.1) is 0 Å². The van der Waals surface area contributed by atoms with E-state index < -0.39 is 0 Å². The number of hydrogen-bond acceptors (Lipinski definition) is 2. The van der Waals surface area contributed by atoms with Crippen LogP contribution in [-0.4, -0.2) is 26.0 Å². The lowest BCUT2D eigenvalue weighted by atomic mass is 10.2. The highest BCUT2D eigenvalue weighted by atomic mass is 16.1. The molecule has 0 aliphatic heterocycles. The fourth-order valence-corrected chi connectivity index (χ4v) is 1.05. The molecule has 0 rings (SSSR count). The second-order valence-corrected chi connectivity index (χ2v) is 3.73. The molecular formula is C10H22N2O. The average Bonchev–Trinajstić information content (AvgIpc) is 2.10. The van der Waals surface area contributed by atoms with Gasteiger partial charge in [-0.1, -0.05) is 13.8 Å². The minimum atomic E-state index is 0.142. The lowest BCUT2D eigenvalue weighted by molar-refractivity contribution is -0.120. The lowest BCUT2D eigenvalue weighted by Crippen LogP contribution is -2.21. The van der Waals surface area contributed by atoms with Crippen LogP contribution in [0.1, 0.15) is 33.1 Å². The number of amides is 1. The van der Waals surface area contributed by atoms with Gasteiger partial charge < -0.3 is 10.6 Å². The third-order valence-corrected chi connectivity index (χ3v) is 1.84. The van der Waals surface area contributed by atoms with Crippen molar-refractivity contribution in [3.8, 4) is 0 Å². The third-order valence-electron chi connectivity index (χ3n) is 1.84. The van der Waals surface area contributed by atoms with Crippen LogP contribution in [0.2, 0.25) is 0 Å². The van der Waals surface area contributed by atoms with Gasteiger partial charge in [0.2, 0.25) is 5.91 Å². The van der Waals surface area contributed by atoms with Crippen molar-refractivity contribution in [3.05, 3.63) is 0 Å². The van der Waals surface area contributed by atoms with Gasteiger partial charge in [-0.2, -0.15) is 0 Å². The predicted octanol–water partition coefficient (Wildman–Crippen LogP) is 1.15. The first kappa shape index (κ1) is 12.4. The van der Waals surface area contributed by atoms with Gasteiger partial charge >= 0.3 is 0 Å². The van der Waals surface area contributed by atoms with Crippen LogP contribution in [-0.2, 0) is 4.79 Å². The van der Waals surface area contributed by atoms with E-state index in [1.54, 1.807) is 7.05 Å². The molecule has 0 atom stereocenters. The van der Waals surface area contributed by atoms with Crippen LogP contribution in [0.5, 0.6) is 0 Å². The fraction of sp³-hybridized carbons (Fsp3) is 0.900. The molecule has 0 fully saturated rings. The predicted molar refractivity (Wildman–Crippen MR) is 55.6 cm³/mol. The number of nitrogens with one attached hydrogen (secondary N) is 2. The molecule has 13 heavy (non-hydrogen) atoms. The molecule has 0 bridgehead atoms. The monoisotopic (exact) mass is 186 g/mol. The van der Waals surface area contributed by atoms with Gasteiger partial charge in [0.25, 0.3) is 0 Å². The highest BCUT2D eigenvalue weighted by Crippen LogP contribution is 1.94. The summed E-state index contributed by atoms with van der Waals surface area (Å²) < 4.78 is 0. The molecule has 3 nitrogen and oxygen atoms in total. The van der Waals surface area contributed by atoms with Crippen LogP contribution in [0.3, 0.4) is 0 Å². The first-order valence-corrected chi connectivity index (χ1v) is 5.08. The highest BCUT2D eigenvalue weighted by molar-refractivity contribution is 5.75. The summed E-state index contributed by atoms with van der Waals surface area (Å²) in [6, 6.07) is 0. The van der Waals surface area contributed by atoms with Crippen molar-refractivity contribution in [1.82, 2.24) is 10.6 Å². The molecule has 0 radical (unpaired) electrons. The second-order valence-electron chi connectivity index (χ2n) is 3.73. The fourth-order valence-electron chi connectivity index (χ4n) is 1.05. The molecule has 0 spiro atoms. The maximum Gasteiger partial charge on any atom is 0.219 e. The van der Waals surface area contributed by atoms with Gasteiger partial charge in [0.15, 0.2) is 0 Å². The van der Waals surface area contributed by atoms with Crippen molar-refractivity contribution in [2.24, 2.45) is 5.92 Å². The van der Waals surface area contributed by atoms with E-state index in [1.165, 1.54) is 0 Å². The number of carbonyl (C=O) groups excluding carboxylic acids is 1. The molecule has 3 heteroatoms. The first-order valence-electron chi connectivity index (χ1n) is 5.08. The van der Waals surface area contributed by atoms with Gasteiger partial charge in [0, 0.05) is 13.5 Å². The first-order chi connectivity index (χ1) is 6.16. The Balaban J connectivity index is 3.04. The van der Waals surface area contributed by atoms with E-state index in [1.807, 2.05) is 0 Å². The largest absolute Gasteiger partial charge is 0.359 e.